The first-order valence-corrected chi connectivity index (χ1v) is 8.15. The van der Waals surface area contributed by atoms with Crippen molar-refractivity contribution in [3.05, 3.63) is 10.8 Å². The van der Waals surface area contributed by atoms with E-state index in [1.165, 1.54) is 6.20 Å². The molecule has 1 amide bonds. The lowest BCUT2D eigenvalue weighted by Gasteiger charge is -2.34. The maximum atomic E-state index is 12.1. The van der Waals surface area contributed by atoms with Gasteiger partial charge in [-0.25, -0.2) is 14.8 Å². The number of nitrogens with zero attached hydrogens (tertiary/aromatic N) is 3. The molecular weight excluding hydrogens is 366 g/mol. The quantitative estimate of drug-likeness (QED) is 0.815. The van der Waals surface area contributed by atoms with Crippen LogP contribution in [-0.4, -0.2) is 58.9 Å². The highest BCUT2D eigenvalue weighted by Crippen LogP contribution is 2.17. The van der Waals surface area contributed by atoms with E-state index in [9.17, 15) is 4.79 Å². The Bertz CT molecular complexity index is 564. The second-order valence-corrected chi connectivity index (χ2v) is 7.04. The van der Waals surface area contributed by atoms with Crippen molar-refractivity contribution < 1.29 is 14.3 Å². The lowest BCUT2D eigenvalue weighted by Crippen LogP contribution is -2.49. The number of aromatic nitrogens is 2. The van der Waals surface area contributed by atoms with Crippen molar-refractivity contribution in [2.45, 2.75) is 32.5 Å². The zero-order valence-corrected chi connectivity index (χ0v) is 15.1. The van der Waals surface area contributed by atoms with Crippen LogP contribution in [0.15, 0.2) is 10.8 Å². The summed E-state index contributed by atoms with van der Waals surface area (Å²) in [6, 6.07) is 0. The Morgan fingerprint density at radius 3 is 3.04 bits per heavy atom. The lowest BCUT2D eigenvalue weighted by atomic mass is 10.2. The van der Waals surface area contributed by atoms with Crippen molar-refractivity contribution in [2.24, 2.45) is 0 Å². The maximum absolute atomic E-state index is 12.1. The molecule has 1 aliphatic rings. The predicted octanol–water partition coefficient (Wildman–Crippen LogP) is 1.87. The first kappa shape index (κ1) is 17.7. The van der Waals surface area contributed by atoms with Gasteiger partial charge in [0.25, 0.3) is 0 Å². The molecule has 1 unspecified atom stereocenters. The lowest BCUT2D eigenvalue weighted by molar-refractivity contribution is -0.0371. The molecule has 0 spiro atoms. The molecule has 1 atom stereocenters. The highest BCUT2D eigenvalue weighted by molar-refractivity contribution is 9.10. The molecule has 3 N–H and O–H groups in total. The van der Waals surface area contributed by atoms with Gasteiger partial charge in [0.1, 0.15) is 10.2 Å². The number of nitrogens with two attached hydrogens (primary N) is 1. The first-order valence-electron chi connectivity index (χ1n) is 7.36. The fourth-order valence-corrected chi connectivity index (χ4v) is 2.33. The second-order valence-electron chi connectivity index (χ2n) is 6.23. The summed E-state index contributed by atoms with van der Waals surface area (Å²) in [4.78, 5) is 22.0. The first-order chi connectivity index (χ1) is 10.7. The molecular formula is C14H22BrN5O3. The predicted molar refractivity (Wildman–Crippen MR) is 90.2 cm³/mol. The van der Waals surface area contributed by atoms with Crippen molar-refractivity contribution in [3.63, 3.8) is 0 Å². The summed E-state index contributed by atoms with van der Waals surface area (Å²) in [5.74, 6) is 0.797. The summed E-state index contributed by atoms with van der Waals surface area (Å²) >= 11 is 3.25. The summed E-state index contributed by atoms with van der Waals surface area (Å²) < 4.78 is 11.6. The van der Waals surface area contributed by atoms with Gasteiger partial charge < -0.3 is 25.4 Å². The average Bonchev–Trinajstić information content (AvgIpc) is 2.47. The fourth-order valence-electron chi connectivity index (χ4n) is 2.05. The number of nitrogens with one attached hydrogen (secondary N) is 1. The van der Waals surface area contributed by atoms with Crippen molar-refractivity contribution in [1.29, 1.82) is 0 Å². The number of carbonyl (C=O) groups excluding carboxylic acids is 1. The van der Waals surface area contributed by atoms with E-state index in [4.69, 9.17) is 15.2 Å². The van der Waals surface area contributed by atoms with Gasteiger partial charge in [0.2, 0.25) is 0 Å². The van der Waals surface area contributed by atoms with Gasteiger partial charge in [-0.15, -0.1) is 0 Å². The molecule has 1 aliphatic heterocycles. The number of carbonyl (C=O) groups is 1. The normalized spacial score (nSPS) is 18.6. The Kier molecular flexibility index (Phi) is 5.64. The number of anilines is 2. The molecule has 0 aromatic carbocycles. The molecule has 1 aromatic rings. The zero-order chi connectivity index (χ0) is 17.0. The topological polar surface area (TPSA) is 103 Å². The number of hydrogen-bond acceptors (Lipinski definition) is 7. The fraction of sp³-hybridized carbons (Fsp3) is 0.643. The number of hydrogen-bond donors (Lipinski definition) is 2. The van der Waals surface area contributed by atoms with E-state index in [2.05, 4.69) is 31.2 Å². The van der Waals surface area contributed by atoms with Gasteiger partial charge in [-0.2, -0.15) is 0 Å². The molecule has 0 radical (unpaired) electrons. The Hall–Kier alpha value is -1.61. The minimum absolute atomic E-state index is 0.170. The molecule has 1 saturated heterocycles. The summed E-state index contributed by atoms with van der Waals surface area (Å²) in [5.41, 5.74) is 5.26. The third-order valence-corrected chi connectivity index (χ3v) is 3.44. The Morgan fingerprint density at radius 2 is 2.35 bits per heavy atom. The molecule has 0 bridgehead atoms. The van der Waals surface area contributed by atoms with E-state index in [-0.39, 0.29) is 12.2 Å². The van der Waals surface area contributed by atoms with Crippen molar-refractivity contribution >= 4 is 33.7 Å². The Morgan fingerprint density at radius 1 is 1.61 bits per heavy atom. The molecule has 2 rings (SSSR count). The highest BCUT2D eigenvalue weighted by atomic mass is 79.9. The van der Waals surface area contributed by atoms with Gasteiger partial charge in [-0.1, -0.05) is 0 Å². The molecule has 0 saturated carbocycles. The van der Waals surface area contributed by atoms with Crippen molar-refractivity contribution in [2.75, 3.05) is 37.3 Å². The third kappa shape index (κ3) is 5.51. The summed E-state index contributed by atoms with van der Waals surface area (Å²) in [7, 11) is 0. The number of morpholine rings is 1. The van der Waals surface area contributed by atoms with E-state index in [1.807, 2.05) is 20.8 Å². The SMILES string of the molecule is CC(C)(C)OC(=O)N1CCOC(CNc2nc(Br)cnc2N)C1. The largest absolute Gasteiger partial charge is 0.444 e. The van der Waals surface area contributed by atoms with Crippen LogP contribution in [-0.2, 0) is 9.47 Å². The number of amides is 1. The van der Waals surface area contributed by atoms with Gasteiger partial charge in [0.15, 0.2) is 11.6 Å². The maximum Gasteiger partial charge on any atom is 0.410 e. The van der Waals surface area contributed by atoms with Crippen LogP contribution in [0, 0.1) is 0 Å². The van der Waals surface area contributed by atoms with E-state index in [0.29, 0.717) is 42.5 Å². The Labute approximate surface area is 143 Å². The van der Waals surface area contributed by atoms with Crippen molar-refractivity contribution in [1.82, 2.24) is 14.9 Å². The summed E-state index contributed by atoms with van der Waals surface area (Å²) in [6.07, 6.45) is 1.03. The minimum atomic E-state index is -0.510. The van der Waals surface area contributed by atoms with Crippen LogP contribution in [0.25, 0.3) is 0 Å². The van der Waals surface area contributed by atoms with E-state index >= 15 is 0 Å². The van der Waals surface area contributed by atoms with Crippen LogP contribution in [0.5, 0.6) is 0 Å². The summed E-state index contributed by atoms with van der Waals surface area (Å²) in [6.45, 7) is 7.44. The monoisotopic (exact) mass is 387 g/mol. The zero-order valence-electron chi connectivity index (χ0n) is 13.5. The molecule has 1 fully saturated rings. The van der Waals surface area contributed by atoms with Gasteiger partial charge >= 0.3 is 6.09 Å². The molecule has 8 nitrogen and oxygen atoms in total. The molecule has 9 heteroatoms. The smallest absolute Gasteiger partial charge is 0.410 e. The second kappa shape index (κ2) is 7.31. The minimum Gasteiger partial charge on any atom is -0.444 e. The molecule has 0 aliphatic carbocycles. The van der Waals surface area contributed by atoms with Crippen LogP contribution in [0.2, 0.25) is 0 Å². The average molecular weight is 388 g/mol. The highest BCUT2D eigenvalue weighted by Gasteiger charge is 2.28. The van der Waals surface area contributed by atoms with Gasteiger partial charge in [-0.05, 0) is 36.7 Å². The van der Waals surface area contributed by atoms with Crippen LogP contribution < -0.4 is 11.1 Å². The number of nitrogen functional groups attached to an aromatic ring is 1. The van der Waals surface area contributed by atoms with Crippen LogP contribution in [0.1, 0.15) is 20.8 Å². The molecule has 23 heavy (non-hydrogen) atoms. The van der Waals surface area contributed by atoms with Gasteiger partial charge in [-0.3, -0.25) is 0 Å². The van der Waals surface area contributed by atoms with Crippen LogP contribution in [0.4, 0.5) is 16.4 Å². The number of halogens is 1. The number of ether oxygens (including phenoxy) is 2. The molecule has 128 valence electrons. The van der Waals surface area contributed by atoms with E-state index in [0.717, 1.165) is 0 Å². The number of rotatable bonds is 3. The Balaban J connectivity index is 1.89. The van der Waals surface area contributed by atoms with Gasteiger partial charge in [0.05, 0.1) is 25.5 Å². The van der Waals surface area contributed by atoms with Gasteiger partial charge in [0, 0.05) is 13.1 Å². The third-order valence-electron chi connectivity index (χ3n) is 3.06. The van der Waals surface area contributed by atoms with Crippen LogP contribution >= 0.6 is 15.9 Å². The standard InChI is InChI=1S/C14H22BrN5O3/c1-14(2,3)23-13(21)20-4-5-22-9(8-20)6-18-12-11(16)17-7-10(15)19-12/h7,9H,4-6,8H2,1-3H3,(H2,16,17)(H,18,19). The summed E-state index contributed by atoms with van der Waals surface area (Å²) in [5, 5.41) is 3.10. The van der Waals surface area contributed by atoms with E-state index in [1.54, 1.807) is 4.90 Å². The van der Waals surface area contributed by atoms with Crippen LogP contribution in [0.3, 0.4) is 0 Å². The van der Waals surface area contributed by atoms with Crippen molar-refractivity contribution in [3.8, 4) is 0 Å². The van der Waals surface area contributed by atoms with E-state index < -0.39 is 5.60 Å². The molecule has 1 aromatic heterocycles. The molecule has 2 heterocycles.